The SMILES string of the molecule is Cc1cc(CNC(=O)[C@@H]2CC[C@H](C(=O)O)O2)c2[nH]c(C)c(C)c2c1. The fourth-order valence-corrected chi connectivity index (χ4v) is 3.24. The van der Waals surface area contributed by atoms with E-state index in [-0.39, 0.29) is 5.91 Å². The van der Waals surface area contributed by atoms with Gasteiger partial charge in [-0.15, -0.1) is 0 Å². The molecule has 3 N–H and O–H groups in total. The maximum Gasteiger partial charge on any atom is 0.332 e. The number of amides is 1. The number of H-pyrrole nitrogens is 1. The van der Waals surface area contributed by atoms with Crippen LogP contribution in [0.25, 0.3) is 10.9 Å². The van der Waals surface area contributed by atoms with Gasteiger partial charge in [-0.1, -0.05) is 11.6 Å². The van der Waals surface area contributed by atoms with Crippen LogP contribution in [0.5, 0.6) is 0 Å². The Hall–Kier alpha value is -2.34. The molecule has 1 aromatic carbocycles. The van der Waals surface area contributed by atoms with Gasteiger partial charge >= 0.3 is 5.97 Å². The molecular formula is C18H22N2O4. The molecule has 0 saturated carbocycles. The summed E-state index contributed by atoms with van der Waals surface area (Å²) >= 11 is 0. The molecule has 0 bridgehead atoms. The van der Waals surface area contributed by atoms with E-state index in [1.165, 1.54) is 10.9 Å². The number of aryl methyl sites for hydroxylation is 3. The highest BCUT2D eigenvalue weighted by Crippen LogP contribution is 2.26. The van der Waals surface area contributed by atoms with E-state index in [1.54, 1.807) is 0 Å². The van der Waals surface area contributed by atoms with Crippen LogP contribution in [0.4, 0.5) is 0 Å². The number of aliphatic carboxylic acids is 1. The molecule has 1 aromatic heterocycles. The summed E-state index contributed by atoms with van der Waals surface area (Å²) in [5, 5.41) is 13.0. The molecule has 1 fully saturated rings. The van der Waals surface area contributed by atoms with E-state index in [0.717, 1.165) is 22.3 Å². The van der Waals surface area contributed by atoms with E-state index in [2.05, 4.69) is 23.3 Å². The molecule has 0 spiro atoms. The van der Waals surface area contributed by atoms with Crippen LogP contribution < -0.4 is 5.32 Å². The van der Waals surface area contributed by atoms with Crippen molar-refractivity contribution in [3.63, 3.8) is 0 Å². The van der Waals surface area contributed by atoms with Crippen LogP contribution in [0.2, 0.25) is 0 Å². The molecule has 128 valence electrons. The summed E-state index contributed by atoms with van der Waals surface area (Å²) in [4.78, 5) is 26.5. The highest BCUT2D eigenvalue weighted by molar-refractivity contribution is 5.88. The van der Waals surface area contributed by atoms with Gasteiger partial charge in [0.2, 0.25) is 5.91 Å². The number of aromatic amines is 1. The van der Waals surface area contributed by atoms with Crippen LogP contribution in [0.15, 0.2) is 12.1 Å². The second-order valence-corrected chi connectivity index (χ2v) is 6.47. The predicted octanol–water partition coefficient (Wildman–Crippen LogP) is 2.34. The summed E-state index contributed by atoms with van der Waals surface area (Å²) in [5.41, 5.74) is 5.52. The fourth-order valence-electron chi connectivity index (χ4n) is 3.24. The van der Waals surface area contributed by atoms with Crippen molar-refractivity contribution >= 4 is 22.8 Å². The monoisotopic (exact) mass is 330 g/mol. The summed E-state index contributed by atoms with van der Waals surface area (Å²) in [6.45, 7) is 6.53. The highest BCUT2D eigenvalue weighted by Gasteiger charge is 2.34. The van der Waals surface area contributed by atoms with Gasteiger partial charge < -0.3 is 20.1 Å². The average Bonchev–Trinajstić information content (AvgIpc) is 3.12. The van der Waals surface area contributed by atoms with Gasteiger partial charge in [-0.3, -0.25) is 4.79 Å². The molecule has 1 amide bonds. The van der Waals surface area contributed by atoms with Crippen molar-refractivity contribution in [1.29, 1.82) is 0 Å². The molecule has 24 heavy (non-hydrogen) atoms. The third-order valence-electron chi connectivity index (χ3n) is 4.68. The number of carbonyl (C=O) groups is 2. The number of hydrogen-bond acceptors (Lipinski definition) is 3. The third kappa shape index (κ3) is 3.01. The number of rotatable bonds is 4. The fraction of sp³-hybridized carbons (Fsp3) is 0.444. The minimum Gasteiger partial charge on any atom is -0.479 e. The van der Waals surface area contributed by atoms with Crippen LogP contribution in [-0.4, -0.2) is 34.2 Å². The third-order valence-corrected chi connectivity index (χ3v) is 4.68. The minimum absolute atomic E-state index is 0.256. The molecule has 2 aromatic rings. The lowest BCUT2D eigenvalue weighted by Crippen LogP contribution is -2.35. The predicted molar refractivity (Wildman–Crippen MR) is 89.9 cm³/mol. The number of aromatic nitrogens is 1. The van der Waals surface area contributed by atoms with E-state index in [4.69, 9.17) is 9.84 Å². The molecule has 6 heteroatoms. The summed E-state index contributed by atoms with van der Waals surface area (Å²) in [7, 11) is 0. The normalized spacial score (nSPS) is 20.5. The van der Waals surface area contributed by atoms with E-state index >= 15 is 0 Å². The Kier molecular flexibility index (Phi) is 4.32. The Bertz CT molecular complexity index is 809. The molecule has 6 nitrogen and oxygen atoms in total. The zero-order chi connectivity index (χ0) is 17.4. The van der Waals surface area contributed by atoms with Crippen LogP contribution in [-0.2, 0) is 20.9 Å². The van der Waals surface area contributed by atoms with Gasteiger partial charge in [-0.25, -0.2) is 4.79 Å². The maximum atomic E-state index is 12.2. The number of carbonyl (C=O) groups excluding carboxylic acids is 1. The van der Waals surface area contributed by atoms with Crippen LogP contribution in [0.1, 0.15) is 35.2 Å². The van der Waals surface area contributed by atoms with Gasteiger partial charge in [0, 0.05) is 17.6 Å². The van der Waals surface area contributed by atoms with Crippen LogP contribution in [0, 0.1) is 20.8 Å². The molecule has 0 radical (unpaired) electrons. The molecule has 1 aliphatic heterocycles. The van der Waals surface area contributed by atoms with Crippen molar-refractivity contribution < 1.29 is 19.4 Å². The zero-order valence-electron chi connectivity index (χ0n) is 14.1. The second kappa shape index (κ2) is 6.28. The summed E-state index contributed by atoms with van der Waals surface area (Å²) in [6.07, 6.45) is -0.747. The summed E-state index contributed by atoms with van der Waals surface area (Å²) in [6, 6.07) is 4.19. The number of hydrogen-bond donors (Lipinski definition) is 3. The van der Waals surface area contributed by atoms with Gasteiger partial charge in [0.25, 0.3) is 0 Å². The van der Waals surface area contributed by atoms with Crippen LogP contribution >= 0.6 is 0 Å². The molecule has 2 atom stereocenters. The first-order valence-electron chi connectivity index (χ1n) is 8.11. The first-order chi connectivity index (χ1) is 11.4. The van der Waals surface area contributed by atoms with Crippen molar-refractivity contribution in [1.82, 2.24) is 10.3 Å². The van der Waals surface area contributed by atoms with Gasteiger partial charge in [0.05, 0.1) is 5.52 Å². The summed E-state index contributed by atoms with van der Waals surface area (Å²) in [5.74, 6) is -1.27. The number of nitrogens with one attached hydrogen (secondary N) is 2. The van der Waals surface area contributed by atoms with Gasteiger partial charge in [0.1, 0.15) is 6.10 Å². The smallest absolute Gasteiger partial charge is 0.332 e. The lowest BCUT2D eigenvalue weighted by molar-refractivity contribution is -0.151. The number of benzene rings is 1. The largest absolute Gasteiger partial charge is 0.479 e. The lowest BCUT2D eigenvalue weighted by Gasteiger charge is -2.13. The minimum atomic E-state index is -1.01. The molecule has 0 aliphatic carbocycles. The van der Waals surface area contributed by atoms with Gasteiger partial charge in [-0.05, 0) is 50.8 Å². The number of carboxylic acids is 1. The maximum absolute atomic E-state index is 12.2. The first kappa shape index (κ1) is 16.5. The molecule has 1 saturated heterocycles. The van der Waals surface area contributed by atoms with Crippen molar-refractivity contribution in [2.75, 3.05) is 0 Å². The highest BCUT2D eigenvalue weighted by atomic mass is 16.5. The molecule has 0 unspecified atom stereocenters. The second-order valence-electron chi connectivity index (χ2n) is 6.47. The van der Waals surface area contributed by atoms with E-state index in [9.17, 15) is 9.59 Å². The number of carboxylic acid groups (broad SMARTS) is 1. The van der Waals surface area contributed by atoms with Crippen molar-refractivity contribution in [2.45, 2.75) is 52.4 Å². The number of fused-ring (bicyclic) bond motifs is 1. The van der Waals surface area contributed by atoms with E-state index in [0.29, 0.717) is 19.4 Å². The molecule has 2 heterocycles. The van der Waals surface area contributed by atoms with E-state index in [1.807, 2.05) is 19.9 Å². The quantitative estimate of drug-likeness (QED) is 0.802. The standard InChI is InChI=1S/C18H22N2O4/c1-9-6-12(16-13(7-9)10(2)11(3)20-16)8-19-17(21)14-4-5-15(24-14)18(22)23/h6-7,14-15,20H,4-5,8H2,1-3H3,(H,19,21)(H,22,23)/t14-,15+/m0/s1. The molecule has 1 aliphatic rings. The summed E-state index contributed by atoms with van der Waals surface area (Å²) < 4.78 is 5.29. The first-order valence-corrected chi connectivity index (χ1v) is 8.11. The Labute approximate surface area is 140 Å². The zero-order valence-corrected chi connectivity index (χ0v) is 14.1. The van der Waals surface area contributed by atoms with Crippen molar-refractivity contribution in [2.24, 2.45) is 0 Å². The van der Waals surface area contributed by atoms with Crippen molar-refractivity contribution in [3.05, 3.63) is 34.5 Å². The van der Waals surface area contributed by atoms with Gasteiger partial charge in [-0.2, -0.15) is 0 Å². The molecule has 3 rings (SSSR count). The number of ether oxygens (including phenoxy) is 1. The van der Waals surface area contributed by atoms with Gasteiger partial charge in [0.15, 0.2) is 6.10 Å². The lowest BCUT2D eigenvalue weighted by atomic mass is 10.0. The van der Waals surface area contributed by atoms with Crippen LogP contribution in [0.3, 0.4) is 0 Å². The van der Waals surface area contributed by atoms with Crippen molar-refractivity contribution in [3.8, 4) is 0 Å². The Morgan fingerprint density at radius 1 is 1.25 bits per heavy atom. The average molecular weight is 330 g/mol. The Morgan fingerprint density at radius 2 is 1.96 bits per heavy atom. The topological polar surface area (TPSA) is 91.4 Å². The van der Waals surface area contributed by atoms with E-state index < -0.39 is 18.2 Å². The Balaban J connectivity index is 1.73. The Morgan fingerprint density at radius 3 is 2.62 bits per heavy atom. The molecular weight excluding hydrogens is 308 g/mol.